The van der Waals surface area contributed by atoms with Crippen molar-refractivity contribution in [2.45, 2.75) is 25.5 Å². The van der Waals surface area contributed by atoms with Crippen LogP contribution in [0, 0.1) is 0 Å². The molecule has 0 spiro atoms. The predicted molar refractivity (Wildman–Crippen MR) is 86.3 cm³/mol. The van der Waals surface area contributed by atoms with Crippen LogP contribution in [0.15, 0.2) is 48.7 Å². The summed E-state index contributed by atoms with van der Waals surface area (Å²) in [4.78, 5) is 16.4. The van der Waals surface area contributed by atoms with Crippen molar-refractivity contribution in [3.63, 3.8) is 0 Å². The third-order valence-corrected chi connectivity index (χ3v) is 3.72. The van der Waals surface area contributed by atoms with E-state index < -0.39 is 0 Å². The van der Waals surface area contributed by atoms with Crippen molar-refractivity contribution in [2.75, 3.05) is 13.2 Å². The molecule has 0 saturated carbocycles. The van der Waals surface area contributed by atoms with Gasteiger partial charge >= 0.3 is 0 Å². The quantitative estimate of drug-likeness (QED) is 0.922. The summed E-state index contributed by atoms with van der Waals surface area (Å²) in [5.74, 6) is 0.643. The van der Waals surface area contributed by atoms with E-state index >= 15 is 0 Å². The number of hydrogen-bond donors (Lipinski definition) is 1. The molecule has 1 aromatic heterocycles. The molecule has 5 heteroatoms. The molecule has 0 aliphatic carbocycles. The Labute approximate surface area is 135 Å². The topological polar surface area (TPSA) is 60.5 Å². The Morgan fingerprint density at radius 1 is 1.26 bits per heavy atom. The van der Waals surface area contributed by atoms with Crippen molar-refractivity contribution in [1.82, 2.24) is 10.3 Å². The van der Waals surface area contributed by atoms with Crippen LogP contribution in [0.1, 0.15) is 28.9 Å². The van der Waals surface area contributed by atoms with Gasteiger partial charge in [0.15, 0.2) is 0 Å². The van der Waals surface area contributed by atoms with Crippen LogP contribution >= 0.6 is 0 Å². The Hall–Kier alpha value is -2.40. The molecule has 2 aromatic rings. The third kappa shape index (κ3) is 4.53. The van der Waals surface area contributed by atoms with E-state index in [4.69, 9.17) is 9.47 Å². The lowest BCUT2D eigenvalue weighted by Crippen LogP contribution is -2.40. The van der Waals surface area contributed by atoms with Crippen molar-refractivity contribution in [3.05, 3.63) is 59.9 Å². The summed E-state index contributed by atoms with van der Waals surface area (Å²) in [5.41, 5.74) is 1.49. The highest BCUT2D eigenvalue weighted by molar-refractivity contribution is 5.94. The summed E-state index contributed by atoms with van der Waals surface area (Å²) in [6.45, 7) is 1.79. The number of nitrogens with zero attached hydrogens (tertiary/aromatic N) is 1. The summed E-state index contributed by atoms with van der Waals surface area (Å²) in [5, 5.41) is 3.00. The van der Waals surface area contributed by atoms with E-state index in [2.05, 4.69) is 10.3 Å². The molecule has 23 heavy (non-hydrogen) atoms. The lowest BCUT2D eigenvalue weighted by Gasteiger charge is -2.23. The fourth-order valence-electron chi connectivity index (χ4n) is 2.47. The van der Waals surface area contributed by atoms with E-state index in [9.17, 15) is 4.79 Å². The van der Waals surface area contributed by atoms with Gasteiger partial charge in [-0.2, -0.15) is 0 Å². The zero-order valence-electron chi connectivity index (χ0n) is 12.9. The molecule has 1 atom stereocenters. The predicted octanol–water partition coefficient (Wildman–Crippen LogP) is 2.57. The number of benzene rings is 1. The Bertz CT molecular complexity index is 622. The van der Waals surface area contributed by atoms with Crippen molar-refractivity contribution >= 4 is 5.91 Å². The van der Waals surface area contributed by atoms with Gasteiger partial charge in [0.05, 0.1) is 18.3 Å². The first-order chi connectivity index (χ1) is 11.3. The van der Waals surface area contributed by atoms with Crippen LogP contribution in [0.5, 0.6) is 5.75 Å². The molecule has 0 unspecified atom stereocenters. The van der Waals surface area contributed by atoms with E-state index in [1.807, 2.05) is 18.2 Å². The number of aromatic nitrogens is 1. The van der Waals surface area contributed by atoms with Gasteiger partial charge in [-0.1, -0.05) is 6.07 Å². The Morgan fingerprint density at radius 3 is 2.83 bits per heavy atom. The number of rotatable bonds is 5. The molecule has 1 aliphatic rings. The first-order valence-corrected chi connectivity index (χ1v) is 7.82. The second kappa shape index (κ2) is 7.74. The van der Waals surface area contributed by atoms with Gasteiger partial charge in [0.1, 0.15) is 12.4 Å². The summed E-state index contributed by atoms with van der Waals surface area (Å²) in [7, 11) is 0. The maximum atomic E-state index is 12.2. The van der Waals surface area contributed by atoms with Crippen molar-refractivity contribution < 1.29 is 14.3 Å². The molecule has 1 amide bonds. The number of carbonyl (C=O) groups is 1. The summed E-state index contributed by atoms with van der Waals surface area (Å²) in [6, 6.07) is 13.0. The molecular formula is C18H20N2O3. The summed E-state index contributed by atoms with van der Waals surface area (Å²) < 4.78 is 11.0. The molecule has 0 bridgehead atoms. The Kier molecular flexibility index (Phi) is 5.21. The van der Waals surface area contributed by atoms with E-state index in [0.717, 1.165) is 25.1 Å². The molecule has 3 rings (SSSR count). The summed E-state index contributed by atoms with van der Waals surface area (Å²) >= 11 is 0. The summed E-state index contributed by atoms with van der Waals surface area (Å²) in [6.07, 6.45) is 3.70. The number of amides is 1. The van der Waals surface area contributed by atoms with Crippen LogP contribution in [0.4, 0.5) is 0 Å². The molecule has 120 valence electrons. The number of pyridine rings is 1. The Balaban J connectivity index is 1.52. The van der Waals surface area contributed by atoms with Crippen LogP contribution in [0.2, 0.25) is 0 Å². The number of ether oxygens (including phenoxy) is 2. The zero-order chi connectivity index (χ0) is 15.9. The van der Waals surface area contributed by atoms with E-state index in [1.165, 1.54) is 0 Å². The van der Waals surface area contributed by atoms with Crippen molar-refractivity contribution in [2.24, 2.45) is 0 Å². The first kappa shape index (κ1) is 15.5. The average Bonchev–Trinajstić information content (AvgIpc) is 2.62. The minimum atomic E-state index is -0.0724. The smallest absolute Gasteiger partial charge is 0.251 e. The van der Waals surface area contributed by atoms with Crippen molar-refractivity contribution in [1.29, 1.82) is 0 Å². The fourth-order valence-corrected chi connectivity index (χ4v) is 2.47. The molecular weight excluding hydrogens is 292 g/mol. The second-order valence-corrected chi connectivity index (χ2v) is 5.52. The largest absolute Gasteiger partial charge is 0.487 e. The first-order valence-electron chi connectivity index (χ1n) is 7.82. The van der Waals surface area contributed by atoms with Crippen LogP contribution in [-0.2, 0) is 11.3 Å². The number of carbonyl (C=O) groups excluding carboxylic acids is 1. The highest BCUT2D eigenvalue weighted by Crippen LogP contribution is 2.14. The molecule has 0 radical (unpaired) electrons. The van der Waals surface area contributed by atoms with Crippen LogP contribution in [0.3, 0.4) is 0 Å². The van der Waals surface area contributed by atoms with Gasteiger partial charge in [-0.15, -0.1) is 0 Å². The van der Waals surface area contributed by atoms with E-state index in [0.29, 0.717) is 24.5 Å². The molecule has 5 nitrogen and oxygen atoms in total. The van der Waals surface area contributed by atoms with Gasteiger partial charge < -0.3 is 14.8 Å². The van der Waals surface area contributed by atoms with Crippen molar-refractivity contribution in [3.8, 4) is 5.75 Å². The molecule has 1 saturated heterocycles. The molecule has 1 aliphatic heterocycles. The number of hydrogen-bond acceptors (Lipinski definition) is 4. The van der Waals surface area contributed by atoms with E-state index in [1.54, 1.807) is 30.5 Å². The van der Waals surface area contributed by atoms with E-state index in [-0.39, 0.29) is 11.9 Å². The highest BCUT2D eigenvalue weighted by atomic mass is 16.5. The van der Waals surface area contributed by atoms with Gasteiger partial charge in [-0.25, -0.2) is 0 Å². The van der Waals surface area contributed by atoms with Gasteiger partial charge in [-0.3, -0.25) is 9.78 Å². The van der Waals surface area contributed by atoms with Crippen LogP contribution in [-0.4, -0.2) is 30.1 Å². The Morgan fingerprint density at radius 2 is 2.13 bits per heavy atom. The second-order valence-electron chi connectivity index (χ2n) is 5.52. The van der Waals surface area contributed by atoms with Gasteiger partial charge in [-0.05, 0) is 49.2 Å². The van der Waals surface area contributed by atoms with Crippen LogP contribution < -0.4 is 10.1 Å². The monoisotopic (exact) mass is 312 g/mol. The highest BCUT2D eigenvalue weighted by Gasteiger charge is 2.17. The van der Waals surface area contributed by atoms with Crippen LogP contribution in [0.25, 0.3) is 0 Å². The lowest BCUT2D eigenvalue weighted by molar-refractivity contribution is 0.0624. The molecule has 1 fully saturated rings. The fraction of sp³-hybridized carbons (Fsp3) is 0.333. The molecule has 1 aromatic carbocycles. The lowest BCUT2D eigenvalue weighted by atomic mass is 10.1. The number of nitrogens with one attached hydrogen (secondary N) is 1. The minimum absolute atomic E-state index is 0.0724. The van der Waals surface area contributed by atoms with Gasteiger partial charge in [0.2, 0.25) is 0 Å². The maximum absolute atomic E-state index is 12.2. The average molecular weight is 312 g/mol. The maximum Gasteiger partial charge on any atom is 0.251 e. The normalized spacial score (nSPS) is 17.5. The van der Waals surface area contributed by atoms with Gasteiger partial charge in [0, 0.05) is 18.4 Å². The zero-order valence-corrected chi connectivity index (χ0v) is 12.9. The SMILES string of the molecule is O=C(N[C@@H]1CCCOC1)c1ccc(OCc2ccccn2)cc1. The third-order valence-electron chi connectivity index (χ3n) is 3.72. The standard InChI is InChI=1S/C18H20N2O3/c21-18(20-16-5-3-11-22-12-16)14-6-8-17(9-7-14)23-13-15-4-1-2-10-19-15/h1-2,4,6-10,16H,3,5,11-13H2,(H,20,21)/t16-/m1/s1. The minimum Gasteiger partial charge on any atom is -0.487 e. The molecule has 2 heterocycles. The van der Waals surface area contributed by atoms with Gasteiger partial charge in [0.25, 0.3) is 5.91 Å². The molecule has 1 N–H and O–H groups in total.